The van der Waals surface area contributed by atoms with Crippen LogP contribution in [-0.2, 0) is 0 Å². The zero-order valence-electron chi connectivity index (χ0n) is 9.95. The van der Waals surface area contributed by atoms with E-state index in [-0.39, 0.29) is 16.4 Å². The molecule has 0 saturated heterocycles. The van der Waals surface area contributed by atoms with Crippen LogP contribution in [0.1, 0.15) is 15.9 Å². The zero-order chi connectivity index (χ0) is 14.0. The average Bonchev–Trinajstić information content (AvgIpc) is 2.36. The Kier molecular flexibility index (Phi) is 3.66. The highest BCUT2D eigenvalue weighted by Crippen LogP contribution is 2.22. The van der Waals surface area contributed by atoms with Gasteiger partial charge in [-0.1, -0.05) is 11.6 Å². The lowest BCUT2D eigenvalue weighted by Gasteiger charge is -2.08. The predicted octanol–water partition coefficient (Wildman–Crippen LogP) is 3.62. The van der Waals surface area contributed by atoms with Crippen LogP contribution in [0, 0.1) is 12.7 Å². The maximum atomic E-state index is 13.1. The minimum absolute atomic E-state index is 0.0435. The van der Waals surface area contributed by atoms with Crippen LogP contribution in [-0.4, -0.2) is 16.1 Å². The number of nitrogens with one attached hydrogen (secondary N) is 1. The SMILES string of the molecule is Cc1cc(Nc2cc(C(=O)O)c(Cl)cn2)ccc1F. The van der Waals surface area contributed by atoms with Crippen molar-refractivity contribution in [3.8, 4) is 0 Å². The second kappa shape index (κ2) is 5.24. The van der Waals surface area contributed by atoms with E-state index in [0.29, 0.717) is 17.1 Å². The quantitative estimate of drug-likeness (QED) is 0.901. The summed E-state index contributed by atoms with van der Waals surface area (Å²) in [6.45, 7) is 1.64. The summed E-state index contributed by atoms with van der Waals surface area (Å²) >= 11 is 5.72. The highest BCUT2D eigenvalue weighted by molar-refractivity contribution is 6.33. The first-order chi connectivity index (χ1) is 8.97. The standard InChI is InChI=1S/C13H10ClFN2O2/c1-7-4-8(2-3-11(7)15)17-12-5-9(13(18)19)10(14)6-16-12/h2-6H,1H3,(H,16,17)(H,18,19). The van der Waals surface area contributed by atoms with Crippen LogP contribution >= 0.6 is 11.6 Å². The molecule has 0 saturated carbocycles. The van der Waals surface area contributed by atoms with Crippen molar-refractivity contribution < 1.29 is 14.3 Å². The van der Waals surface area contributed by atoms with E-state index in [1.807, 2.05) is 0 Å². The van der Waals surface area contributed by atoms with Crippen molar-refractivity contribution in [3.63, 3.8) is 0 Å². The number of rotatable bonds is 3. The van der Waals surface area contributed by atoms with Gasteiger partial charge in [0.25, 0.3) is 0 Å². The fourth-order valence-electron chi connectivity index (χ4n) is 1.54. The molecule has 0 amide bonds. The first kappa shape index (κ1) is 13.3. The van der Waals surface area contributed by atoms with E-state index in [2.05, 4.69) is 10.3 Å². The summed E-state index contributed by atoms with van der Waals surface area (Å²) in [5, 5.41) is 11.9. The van der Waals surface area contributed by atoms with Crippen LogP contribution in [0.2, 0.25) is 5.02 Å². The molecular weight excluding hydrogens is 271 g/mol. The molecule has 4 nitrogen and oxygen atoms in total. The summed E-state index contributed by atoms with van der Waals surface area (Å²) in [6.07, 6.45) is 1.25. The van der Waals surface area contributed by atoms with Gasteiger partial charge in [0.1, 0.15) is 11.6 Å². The molecule has 1 aromatic heterocycles. The highest BCUT2D eigenvalue weighted by atomic mass is 35.5. The maximum absolute atomic E-state index is 13.1. The third-order valence-corrected chi connectivity index (χ3v) is 2.82. The molecule has 2 aromatic rings. The first-order valence-corrected chi connectivity index (χ1v) is 5.77. The second-order valence-electron chi connectivity index (χ2n) is 3.94. The van der Waals surface area contributed by atoms with E-state index < -0.39 is 5.97 Å². The largest absolute Gasteiger partial charge is 0.478 e. The molecule has 0 fully saturated rings. The number of carboxylic acids is 1. The lowest BCUT2D eigenvalue weighted by molar-refractivity contribution is 0.0697. The number of nitrogens with zero attached hydrogens (tertiary/aromatic N) is 1. The molecule has 0 spiro atoms. The van der Waals surface area contributed by atoms with E-state index in [9.17, 15) is 9.18 Å². The molecule has 19 heavy (non-hydrogen) atoms. The smallest absolute Gasteiger partial charge is 0.337 e. The number of carbonyl (C=O) groups is 1. The maximum Gasteiger partial charge on any atom is 0.337 e. The van der Waals surface area contributed by atoms with Gasteiger partial charge in [-0.15, -0.1) is 0 Å². The molecule has 2 rings (SSSR count). The molecule has 0 atom stereocenters. The highest BCUT2D eigenvalue weighted by Gasteiger charge is 2.10. The van der Waals surface area contributed by atoms with Gasteiger partial charge in [-0.2, -0.15) is 0 Å². The van der Waals surface area contributed by atoms with E-state index in [1.165, 1.54) is 18.3 Å². The summed E-state index contributed by atoms with van der Waals surface area (Å²) in [5.41, 5.74) is 1.06. The Hall–Kier alpha value is -2.14. The molecule has 1 heterocycles. The number of hydrogen-bond donors (Lipinski definition) is 2. The molecule has 1 aromatic carbocycles. The molecule has 98 valence electrons. The third-order valence-electron chi connectivity index (χ3n) is 2.52. The van der Waals surface area contributed by atoms with Gasteiger partial charge in [0.05, 0.1) is 10.6 Å². The zero-order valence-corrected chi connectivity index (χ0v) is 10.7. The molecule has 0 aliphatic carbocycles. The fraction of sp³-hybridized carbons (Fsp3) is 0.0769. The van der Waals surface area contributed by atoms with Crippen molar-refractivity contribution in [2.75, 3.05) is 5.32 Å². The van der Waals surface area contributed by atoms with Gasteiger partial charge in [-0.3, -0.25) is 0 Å². The molecule has 0 aliphatic rings. The number of aryl methyl sites for hydroxylation is 1. The summed E-state index contributed by atoms with van der Waals surface area (Å²) in [4.78, 5) is 14.9. The average molecular weight is 281 g/mol. The Bertz CT molecular complexity index is 647. The monoisotopic (exact) mass is 280 g/mol. The van der Waals surface area contributed by atoms with Crippen molar-refractivity contribution in [1.29, 1.82) is 0 Å². The number of aromatic carboxylic acids is 1. The van der Waals surface area contributed by atoms with Crippen molar-refractivity contribution in [1.82, 2.24) is 4.98 Å². The number of benzene rings is 1. The summed E-state index contributed by atoms with van der Waals surface area (Å²) in [7, 11) is 0. The summed E-state index contributed by atoms with van der Waals surface area (Å²) in [5.74, 6) is -1.11. The van der Waals surface area contributed by atoms with Crippen LogP contribution in [0.4, 0.5) is 15.9 Å². The second-order valence-corrected chi connectivity index (χ2v) is 4.35. The number of aromatic nitrogens is 1. The minimum atomic E-state index is -1.13. The number of halogens is 2. The van der Waals surface area contributed by atoms with Crippen LogP contribution in [0.5, 0.6) is 0 Å². The van der Waals surface area contributed by atoms with Crippen molar-refractivity contribution in [2.45, 2.75) is 6.92 Å². The minimum Gasteiger partial charge on any atom is -0.478 e. The lowest BCUT2D eigenvalue weighted by Crippen LogP contribution is -2.01. The van der Waals surface area contributed by atoms with E-state index >= 15 is 0 Å². The Labute approximate surface area is 113 Å². The van der Waals surface area contributed by atoms with Crippen molar-refractivity contribution >= 4 is 29.1 Å². The summed E-state index contributed by atoms with van der Waals surface area (Å²) < 4.78 is 13.1. The Morgan fingerprint density at radius 3 is 2.79 bits per heavy atom. The molecular formula is C13H10ClFN2O2. The third kappa shape index (κ3) is 3.00. The van der Waals surface area contributed by atoms with Crippen LogP contribution in [0.3, 0.4) is 0 Å². The van der Waals surface area contributed by atoms with Gasteiger partial charge in [-0.05, 0) is 36.8 Å². The molecule has 0 bridgehead atoms. The van der Waals surface area contributed by atoms with Gasteiger partial charge in [0.15, 0.2) is 0 Å². The normalized spacial score (nSPS) is 10.3. The topological polar surface area (TPSA) is 62.2 Å². The fourth-order valence-corrected chi connectivity index (χ4v) is 1.73. The van der Waals surface area contributed by atoms with E-state index in [4.69, 9.17) is 16.7 Å². The van der Waals surface area contributed by atoms with E-state index in [0.717, 1.165) is 0 Å². The van der Waals surface area contributed by atoms with Gasteiger partial charge in [0.2, 0.25) is 0 Å². The van der Waals surface area contributed by atoms with Gasteiger partial charge < -0.3 is 10.4 Å². The first-order valence-electron chi connectivity index (χ1n) is 5.39. The lowest BCUT2D eigenvalue weighted by atomic mass is 10.2. The summed E-state index contributed by atoms with van der Waals surface area (Å²) in [6, 6.07) is 5.79. The Morgan fingerprint density at radius 1 is 1.42 bits per heavy atom. The van der Waals surface area contributed by atoms with Crippen LogP contribution in [0.25, 0.3) is 0 Å². The van der Waals surface area contributed by atoms with Crippen molar-refractivity contribution in [2.24, 2.45) is 0 Å². The Balaban J connectivity index is 2.30. The van der Waals surface area contributed by atoms with Crippen molar-refractivity contribution in [3.05, 3.63) is 52.4 Å². The van der Waals surface area contributed by atoms with Crippen LogP contribution < -0.4 is 5.32 Å². The molecule has 0 unspecified atom stereocenters. The number of anilines is 2. The predicted molar refractivity (Wildman–Crippen MR) is 70.6 cm³/mol. The molecule has 0 aliphatic heterocycles. The van der Waals surface area contributed by atoms with Gasteiger partial charge >= 0.3 is 5.97 Å². The van der Waals surface area contributed by atoms with Gasteiger partial charge in [0, 0.05) is 11.9 Å². The molecule has 0 radical (unpaired) electrons. The number of carboxylic acid groups (broad SMARTS) is 1. The number of pyridine rings is 1. The Morgan fingerprint density at radius 2 is 2.16 bits per heavy atom. The number of hydrogen-bond acceptors (Lipinski definition) is 3. The molecule has 2 N–H and O–H groups in total. The van der Waals surface area contributed by atoms with E-state index in [1.54, 1.807) is 19.1 Å². The molecule has 6 heteroatoms. The van der Waals surface area contributed by atoms with Gasteiger partial charge in [-0.25, -0.2) is 14.2 Å². The van der Waals surface area contributed by atoms with Crippen LogP contribution in [0.15, 0.2) is 30.5 Å².